The maximum Gasteiger partial charge on any atom is 0.129 e. The van der Waals surface area contributed by atoms with E-state index in [1.807, 2.05) is 0 Å². The van der Waals surface area contributed by atoms with E-state index in [1.165, 1.54) is 18.2 Å². The van der Waals surface area contributed by atoms with Crippen molar-refractivity contribution in [2.75, 3.05) is 0 Å². The molecular weight excluding hydrogens is 194 g/mol. The van der Waals surface area contributed by atoms with Crippen LogP contribution in [-0.4, -0.2) is 0 Å². The molecule has 0 N–H and O–H groups in total. The Labute approximate surface area is 90.3 Å². The van der Waals surface area contributed by atoms with E-state index in [-0.39, 0.29) is 5.56 Å². The lowest BCUT2D eigenvalue weighted by Gasteiger charge is -2.14. The maximum absolute atomic E-state index is 13.3. The topological polar surface area (TPSA) is 0 Å². The quantitative estimate of drug-likeness (QED) is 0.681. The highest BCUT2D eigenvalue weighted by atomic mass is 19.1. The zero-order valence-electron chi connectivity index (χ0n) is 9.39. The van der Waals surface area contributed by atoms with Crippen LogP contribution in [0.25, 0.3) is 0 Å². The molecule has 0 radical (unpaired) electrons. The van der Waals surface area contributed by atoms with Crippen molar-refractivity contribution in [2.45, 2.75) is 39.5 Å². The molecule has 1 aromatic rings. The van der Waals surface area contributed by atoms with E-state index in [0.29, 0.717) is 12.3 Å². The van der Waals surface area contributed by atoms with Crippen molar-refractivity contribution in [2.24, 2.45) is 5.92 Å². The van der Waals surface area contributed by atoms with E-state index in [1.54, 1.807) is 0 Å². The van der Waals surface area contributed by atoms with E-state index in [2.05, 4.69) is 13.8 Å². The van der Waals surface area contributed by atoms with Gasteiger partial charge in [0.1, 0.15) is 11.6 Å². The molecule has 0 bridgehead atoms. The minimum absolute atomic E-state index is 0.248. The molecule has 0 saturated heterocycles. The Kier molecular flexibility index (Phi) is 4.73. The summed E-state index contributed by atoms with van der Waals surface area (Å²) >= 11 is 0. The summed E-state index contributed by atoms with van der Waals surface area (Å²) in [6.45, 7) is 4.17. The first kappa shape index (κ1) is 12.2. The van der Waals surface area contributed by atoms with Crippen molar-refractivity contribution in [1.29, 1.82) is 0 Å². The lowest BCUT2D eigenvalue weighted by atomic mass is 9.92. The second kappa shape index (κ2) is 5.84. The van der Waals surface area contributed by atoms with Crippen LogP contribution < -0.4 is 0 Å². The monoisotopic (exact) mass is 212 g/mol. The molecule has 0 aromatic heterocycles. The van der Waals surface area contributed by atoms with Crippen molar-refractivity contribution in [3.8, 4) is 0 Å². The summed E-state index contributed by atoms with van der Waals surface area (Å²) in [5.74, 6) is -0.435. The highest BCUT2D eigenvalue weighted by Gasteiger charge is 2.13. The van der Waals surface area contributed by atoms with Crippen LogP contribution in [0, 0.1) is 17.6 Å². The molecular formula is C13H18F2. The summed E-state index contributed by atoms with van der Waals surface area (Å²) < 4.78 is 26.7. The number of hydrogen-bond donors (Lipinski definition) is 0. The van der Waals surface area contributed by atoms with E-state index >= 15 is 0 Å². The third-order valence-corrected chi connectivity index (χ3v) is 2.83. The average molecular weight is 212 g/mol. The van der Waals surface area contributed by atoms with Gasteiger partial charge in [-0.05, 0) is 24.5 Å². The first-order valence-corrected chi connectivity index (χ1v) is 5.61. The van der Waals surface area contributed by atoms with Gasteiger partial charge in [-0.2, -0.15) is 0 Å². The number of benzene rings is 1. The molecule has 1 rings (SSSR count). The van der Waals surface area contributed by atoms with Crippen LogP contribution in [0.3, 0.4) is 0 Å². The minimum Gasteiger partial charge on any atom is -0.207 e. The Balaban J connectivity index is 2.78. The molecule has 0 amide bonds. The van der Waals surface area contributed by atoms with Gasteiger partial charge in [-0.15, -0.1) is 0 Å². The lowest BCUT2D eigenvalue weighted by molar-refractivity contribution is 0.438. The second-order valence-corrected chi connectivity index (χ2v) is 3.97. The molecule has 2 heteroatoms. The normalized spacial score (nSPS) is 12.8. The predicted molar refractivity (Wildman–Crippen MR) is 58.8 cm³/mol. The smallest absolute Gasteiger partial charge is 0.129 e. The van der Waals surface area contributed by atoms with Crippen molar-refractivity contribution in [3.05, 3.63) is 35.4 Å². The molecule has 0 heterocycles. The van der Waals surface area contributed by atoms with Crippen LogP contribution in [0.15, 0.2) is 18.2 Å². The van der Waals surface area contributed by atoms with E-state index in [0.717, 1.165) is 19.3 Å². The second-order valence-electron chi connectivity index (χ2n) is 3.97. The van der Waals surface area contributed by atoms with Crippen molar-refractivity contribution >= 4 is 0 Å². The van der Waals surface area contributed by atoms with Gasteiger partial charge >= 0.3 is 0 Å². The standard InChI is InChI=1S/C13H18F2/c1-3-6-10(4-2)9-11-12(14)7-5-8-13(11)15/h5,7-8,10H,3-4,6,9H2,1-2H3. The summed E-state index contributed by atoms with van der Waals surface area (Å²) in [6.07, 6.45) is 3.59. The van der Waals surface area contributed by atoms with Gasteiger partial charge < -0.3 is 0 Å². The molecule has 84 valence electrons. The Hall–Kier alpha value is -0.920. The first-order chi connectivity index (χ1) is 7.19. The van der Waals surface area contributed by atoms with Crippen LogP contribution in [0.5, 0.6) is 0 Å². The van der Waals surface area contributed by atoms with Crippen LogP contribution in [0.1, 0.15) is 38.7 Å². The number of halogens is 2. The molecule has 0 aliphatic rings. The molecule has 0 aliphatic carbocycles. The zero-order chi connectivity index (χ0) is 11.3. The maximum atomic E-state index is 13.3. The van der Waals surface area contributed by atoms with E-state index in [4.69, 9.17) is 0 Å². The van der Waals surface area contributed by atoms with Crippen LogP contribution >= 0.6 is 0 Å². The van der Waals surface area contributed by atoms with Gasteiger partial charge in [-0.1, -0.05) is 39.2 Å². The Morgan fingerprint density at radius 1 is 1.13 bits per heavy atom. The van der Waals surface area contributed by atoms with Gasteiger partial charge in [-0.25, -0.2) is 8.78 Å². The summed E-state index contributed by atoms with van der Waals surface area (Å²) in [7, 11) is 0. The van der Waals surface area contributed by atoms with Gasteiger partial charge in [0.05, 0.1) is 0 Å². The lowest BCUT2D eigenvalue weighted by Crippen LogP contribution is -2.06. The van der Waals surface area contributed by atoms with Crippen molar-refractivity contribution < 1.29 is 8.78 Å². The van der Waals surface area contributed by atoms with E-state index in [9.17, 15) is 8.78 Å². The van der Waals surface area contributed by atoms with Crippen molar-refractivity contribution in [3.63, 3.8) is 0 Å². The van der Waals surface area contributed by atoms with Crippen LogP contribution in [0.2, 0.25) is 0 Å². The summed E-state index contributed by atoms with van der Waals surface area (Å²) in [5.41, 5.74) is 0.248. The average Bonchev–Trinajstić information content (AvgIpc) is 2.22. The molecule has 0 aliphatic heterocycles. The molecule has 1 aromatic carbocycles. The molecule has 0 fully saturated rings. The van der Waals surface area contributed by atoms with Crippen LogP contribution in [0.4, 0.5) is 8.78 Å². The van der Waals surface area contributed by atoms with Crippen LogP contribution in [-0.2, 0) is 6.42 Å². The Bertz CT molecular complexity index is 287. The van der Waals surface area contributed by atoms with Crippen molar-refractivity contribution in [1.82, 2.24) is 0 Å². The molecule has 0 spiro atoms. The predicted octanol–water partition coefficient (Wildman–Crippen LogP) is 4.33. The largest absolute Gasteiger partial charge is 0.207 e. The highest BCUT2D eigenvalue weighted by Crippen LogP contribution is 2.21. The van der Waals surface area contributed by atoms with Gasteiger partial charge in [0.15, 0.2) is 0 Å². The van der Waals surface area contributed by atoms with E-state index < -0.39 is 11.6 Å². The SMILES string of the molecule is CCCC(CC)Cc1c(F)cccc1F. The fourth-order valence-electron chi connectivity index (χ4n) is 1.87. The molecule has 15 heavy (non-hydrogen) atoms. The fourth-order valence-corrected chi connectivity index (χ4v) is 1.87. The van der Waals surface area contributed by atoms with Gasteiger partial charge in [0.25, 0.3) is 0 Å². The zero-order valence-corrected chi connectivity index (χ0v) is 9.39. The molecule has 1 unspecified atom stereocenters. The third-order valence-electron chi connectivity index (χ3n) is 2.83. The first-order valence-electron chi connectivity index (χ1n) is 5.61. The summed E-state index contributed by atoms with van der Waals surface area (Å²) in [4.78, 5) is 0. The summed E-state index contributed by atoms with van der Waals surface area (Å²) in [6, 6.07) is 4.07. The molecule has 1 atom stereocenters. The summed E-state index contributed by atoms with van der Waals surface area (Å²) in [5, 5.41) is 0. The minimum atomic E-state index is -0.412. The Morgan fingerprint density at radius 2 is 1.73 bits per heavy atom. The number of hydrogen-bond acceptors (Lipinski definition) is 0. The molecule has 0 nitrogen and oxygen atoms in total. The third kappa shape index (κ3) is 3.29. The fraction of sp³-hybridized carbons (Fsp3) is 0.538. The highest BCUT2D eigenvalue weighted by molar-refractivity contribution is 5.20. The number of rotatable bonds is 5. The van der Waals surface area contributed by atoms with Gasteiger partial charge in [0, 0.05) is 5.56 Å². The Morgan fingerprint density at radius 3 is 2.20 bits per heavy atom. The molecule has 0 saturated carbocycles. The van der Waals surface area contributed by atoms with Gasteiger partial charge in [0.2, 0.25) is 0 Å². The van der Waals surface area contributed by atoms with Gasteiger partial charge in [-0.3, -0.25) is 0 Å².